The molecule has 0 unspecified atom stereocenters. The minimum absolute atomic E-state index is 0.166. The van der Waals surface area contributed by atoms with E-state index in [1.54, 1.807) is 18.3 Å². The zero-order chi connectivity index (χ0) is 15.4. The molecule has 0 bridgehead atoms. The summed E-state index contributed by atoms with van der Waals surface area (Å²) in [5.74, 6) is 0.295. The fourth-order valence-electron chi connectivity index (χ4n) is 2.73. The van der Waals surface area contributed by atoms with Crippen LogP contribution in [0.4, 0.5) is 5.69 Å². The molecule has 2 heterocycles. The van der Waals surface area contributed by atoms with Gasteiger partial charge in [0.25, 0.3) is 5.91 Å². The van der Waals surface area contributed by atoms with Gasteiger partial charge in [0, 0.05) is 36.5 Å². The summed E-state index contributed by atoms with van der Waals surface area (Å²) in [6.45, 7) is 2.66. The van der Waals surface area contributed by atoms with E-state index in [2.05, 4.69) is 39.5 Å². The number of hydrogen-bond donors (Lipinski definition) is 1. The van der Waals surface area contributed by atoms with Crippen molar-refractivity contribution < 1.29 is 4.79 Å². The van der Waals surface area contributed by atoms with Gasteiger partial charge in [-0.25, -0.2) is 0 Å². The van der Waals surface area contributed by atoms with Gasteiger partial charge in [0.15, 0.2) is 0 Å². The number of anilines is 1. The number of benzene rings is 1. The molecule has 4 nitrogen and oxygen atoms in total. The summed E-state index contributed by atoms with van der Waals surface area (Å²) in [5.41, 5.74) is 1.61. The third-order valence-electron chi connectivity index (χ3n) is 3.91. The molecule has 1 N–H and O–H groups in total. The Kier molecular flexibility index (Phi) is 4.59. The number of nitrogens with zero attached hydrogens (tertiary/aromatic N) is 2. The van der Waals surface area contributed by atoms with Crippen LogP contribution < -0.4 is 10.2 Å². The average Bonchev–Trinajstić information content (AvgIpc) is 3.02. The maximum Gasteiger partial charge on any atom is 0.269 e. The molecule has 22 heavy (non-hydrogen) atoms. The molecule has 1 saturated heterocycles. The number of carbonyl (C=O) groups excluding carboxylic acids is 1. The molecule has 1 aliphatic rings. The van der Waals surface area contributed by atoms with Crippen molar-refractivity contribution in [1.29, 1.82) is 0 Å². The molecule has 0 radical (unpaired) electrons. The van der Waals surface area contributed by atoms with Crippen LogP contribution in [0, 0.1) is 5.92 Å². The van der Waals surface area contributed by atoms with Crippen LogP contribution >= 0.6 is 11.6 Å². The van der Waals surface area contributed by atoms with E-state index in [4.69, 9.17) is 11.6 Å². The van der Waals surface area contributed by atoms with Gasteiger partial charge in [-0.1, -0.05) is 29.8 Å². The smallest absolute Gasteiger partial charge is 0.269 e. The molecule has 1 fully saturated rings. The average molecular weight is 316 g/mol. The third-order valence-corrected chi connectivity index (χ3v) is 4.15. The van der Waals surface area contributed by atoms with Crippen molar-refractivity contribution in [1.82, 2.24) is 10.3 Å². The Morgan fingerprint density at radius 1 is 1.32 bits per heavy atom. The van der Waals surface area contributed by atoms with E-state index in [9.17, 15) is 4.79 Å². The topological polar surface area (TPSA) is 45.2 Å². The summed E-state index contributed by atoms with van der Waals surface area (Å²) < 4.78 is 0. The molecule has 1 atom stereocenters. The highest BCUT2D eigenvalue weighted by Gasteiger charge is 2.23. The third kappa shape index (κ3) is 3.57. The summed E-state index contributed by atoms with van der Waals surface area (Å²) in [6.07, 6.45) is 2.63. The highest BCUT2D eigenvalue weighted by Crippen LogP contribution is 2.23. The van der Waals surface area contributed by atoms with E-state index in [1.807, 2.05) is 6.07 Å². The number of pyridine rings is 1. The van der Waals surface area contributed by atoms with E-state index in [0.29, 0.717) is 23.2 Å². The number of aromatic nitrogens is 1. The van der Waals surface area contributed by atoms with Crippen molar-refractivity contribution in [2.24, 2.45) is 5.92 Å². The Morgan fingerprint density at radius 3 is 2.91 bits per heavy atom. The molecule has 1 aliphatic heterocycles. The second kappa shape index (κ2) is 6.79. The molecular weight excluding hydrogens is 298 g/mol. The minimum Gasteiger partial charge on any atom is -0.371 e. The lowest BCUT2D eigenvalue weighted by Crippen LogP contribution is -2.31. The van der Waals surface area contributed by atoms with Gasteiger partial charge in [0.2, 0.25) is 0 Å². The first-order valence-corrected chi connectivity index (χ1v) is 7.80. The number of carbonyl (C=O) groups is 1. The first kappa shape index (κ1) is 14.9. The monoisotopic (exact) mass is 315 g/mol. The Balaban J connectivity index is 1.52. The standard InChI is InChI=1S/C17H18ClN3O/c18-14-6-8-19-16(10-14)17(22)20-11-13-7-9-21(12-13)15-4-2-1-3-5-15/h1-6,8,10,13H,7,9,11-12H2,(H,20,22)/t13-/m1/s1. The van der Waals surface area contributed by atoms with Gasteiger partial charge >= 0.3 is 0 Å². The molecule has 114 valence electrons. The molecule has 1 aromatic carbocycles. The Hall–Kier alpha value is -2.07. The van der Waals surface area contributed by atoms with Gasteiger partial charge in [-0.2, -0.15) is 0 Å². The molecule has 5 heteroatoms. The first-order valence-electron chi connectivity index (χ1n) is 7.42. The highest BCUT2D eigenvalue weighted by molar-refractivity contribution is 6.30. The Bertz CT molecular complexity index is 647. The molecule has 0 saturated carbocycles. The van der Waals surface area contributed by atoms with Gasteiger partial charge < -0.3 is 10.2 Å². The number of para-hydroxylation sites is 1. The van der Waals surface area contributed by atoms with Crippen molar-refractivity contribution >= 4 is 23.2 Å². The van der Waals surface area contributed by atoms with Gasteiger partial charge in [-0.05, 0) is 36.6 Å². The Morgan fingerprint density at radius 2 is 2.14 bits per heavy atom. The number of rotatable bonds is 4. The van der Waals surface area contributed by atoms with Crippen LogP contribution in [-0.2, 0) is 0 Å². The SMILES string of the molecule is O=C(NC[C@H]1CCN(c2ccccc2)C1)c1cc(Cl)ccn1. The maximum atomic E-state index is 12.1. The number of nitrogens with one attached hydrogen (secondary N) is 1. The number of hydrogen-bond acceptors (Lipinski definition) is 3. The van der Waals surface area contributed by atoms with E-state index in [-0.39, 0.29) is 5.91 Å². The fourth-order valence-corrected chi connectivity index (χ4v) is 2.89. The quantitative estimate of drug-likeness (QED) is 0.943. The second-order valence-corrected chi connectivity index (χ2v) is 5.94. The lowest BCUT2D eigenvalue weighted by Gasteiger charge is -2.18. The van der Waals surface area contributed by atoms with Crippen molar-refractivity contribution in [3.8, 4) is 0 Å². The van der Waals surface area contributed by atoms with Crippen LogP contribution in [0.2, 0.25) is 5.02 Å². The van der Waals surface area contributed by atoms with Crippen molar-refractivity contribution in [3.05, 3.63) is 59.4 Å². The zero-order valence-electron chi connectivity index (χ0n) is 12.2. The number of halogens is 1. The van der Waals surface area contributed by atoms with Crippen molar-refractivity contribution in [2.75, 3.05) is 24.5 Å². The normalized spacial score (nSPS) is 17.5. The summed E-state index contributed by atoms with van der Waals surface area (Å²) >= 11 is 5.88. The molecular formula is C17H18ClN3O. The molecule has 1 amide bonds. The van der Waals surface area contributed by atoms with Crippen molar-refractivity contribution in [3.63, 3.8) is 0 Å². The van der Waals surface area contributed by atoms with E-state index >= 15 is 0 Å². The van der Waals surface area contributed by atoms with Crippen LogP contribution in [0.1, 0.15) is 16.9 Å². The van der Waals surface area contributed by atoms with Crippen molar-refractivity contribution in [2.45, 2.75) is 6.42 Å². The van der Waals surface area contributed by atoms with Gasteiger partial charge in [-0.15, -0.1) is 0 Å². The second-order valence-electron chi connectivity index (χ2n) is 5.51. The van der Waals surface area contributed by atoms with E-state index in [1.165, 1.54) is 5.69 Å². The number of amides is 1. The lowest BCUT2D eigenvalue weighted by molar-refractivity contribution is 0.0943. The van der Waals surface area contributed by atoms with Gasteiger partial charge in [-0.3, -0.25) is 9.78 Å². The van der Waals surface area contributed by atoms with Crippen LogP contribution in [0.3, 0.4) is 0 Å². The molecule has 0 aliphatic carbocycles. The van der Waals surface area contributed by atoms with Crippen LogP contribution in [-0.4, -0.2) is 30.5 Å². The molecule has 3 rings (SSSR count). The first-order chi connectivity index (χ1) is 10.7. The summed E-state index contributed by atoms with van der Waals surface area (Å²) in [6, 6.07) is 13.6. The Labute approximate surface area is 135 Å². The van der Waals surface area contributed by atoms with Gasteiger partial charge in [0.1, 0.15) is 5.69 Å². The maximum absolute atomic E-state index is 12.1. The van der Waals surface area contributed by atoms with Gasteiger partial charge in [0.05, 0.1) is 0 Å². The summed E-state index contributed by atoms with van der Waals surface area (Å²) in [7, 11) is 0. The van der Waals surface area contributed by atoms with Crippen LogP contribution in [0.25, 0.3) is 0 Å². The van der Waals surface area contributed by atoms with Crippen LogP contribution in [0.5, 0.6) is 0 Å². The van der Waals surface area contributed by atoms with E-state index < -0.39 is 0 Å². The minimum atomic E-state index is -0.166. The summed E-state index contributed by atoms with van der Waals surface area (Å²) in [5, 5.41) is 3.48. The molecule has 1 aromatic heterocycles. The lowest BCUT2D eigenvalue weighted by atomic mass is 10.1. The molecule has 0 spiro atoms. The fraction of sp³-hybridized carbons (Fsp3) is 0.294. The predicted octanol–water partition coefficient (Wildman–Crippen LogP) is 2.99. The van der Waals surface area contributed by atoms with Crippen LogP contribution in [0.15, 0.2) is 48.7 Å². The highest BCUT2D eigenvalue weighted by atomic mass is 35.5. The molecule has 2 aromatic rings. The largest absolute Gasteiger partial charge is 0.371 e. The van der Waals surface area contributed by atoms with E-state index in [0.717, 1.165) is 19.5 Å². The predicted molar refractivity (Wildman–Crippen MR) is 88.3 cm³/mol. The summed E-state index contributed by atoms with van der Waals surface area (Å²) in [4.78, 5) is 18.5. The zero-order valence-corrected chi connectivity index (χ0v) is 13.0.